The lowest BCUT2D eigenvalue weighted by Gasteiger charge is -2.24. The molecule has 2 aromatic heterocycles. The largest absolute Gasteiger partial charge is 0.494 e. The molecule has 0 unspecified atom stereocenters. The molecule has 37 heavy (non-hydrogen) atoms. The van der Waals surface area contributed by atoms with Crippen LogP contribution in [-0.2, 0) is 16.2 Å². The molecule has 0 radical (unpaired) electrons. The summed E-state index contributed by atoms with van der Waals surface area (Å²) < 4.78 is 76.4. The average Bonchev–Trinajstić information content (AvgIpc) is 3.48. The molecule has 1 aliphatic rings. The lowest BCUT2D eigenvalue weighted by molar-refractivity contribution is -0.140. The maximum Gasteiger partial charge on any atom is 0.433 e. The van der Waals surface area contributed by atoms with E-state index >= 15 is 0 Å². The molecule has 3 N–H and O–H groups in total. The number of nitrogens with one attached hydrogen (secondary N) is 1. The Morgan fingerprint density at radius 3 is 2.65 bits per heavy atom. The number of nitrogens with zero attached hydrogens (tertiary/aromatic N) is 3. The van der Waals surface area contributed by atoms with Crippen LogP contribution in [0.5, 0.6) is 5.75 Å². The molecular weight excluding hydrogens is 515 g/mol. The van der Waals surface area contributed by atoms with Crippen molar-refractivity contribution in [3.05, 3.63) is 41.4 Å². The van der Waals surface area contributed by atoms with Crippen LogP contribution in [0.15, 0.2) is 28.7 Å². The van der Waals surface area contributed by atoms with Crippen LogP contribution in [0.3, 0.4) is 0 Å². The minimum absolute atomic E-state index is 0.0186. The first-order valence-corrected chi connectivity index (χ1v) is 13.3. The molecule has 0 saturated carbocycles. The number of fused-ring (bicyclic) bond motifs is 1. The number of carbonyl (C=O) groups is 1. The number of methoxy groups -OCH3 is 1. The number of hydrogen-bond donors (Lipinski definition) is 2. The lowest BCUT2D eigenvalue weighted by Crippen LogP contribution is -2.43. The summed E-state index contributed by atoms with van der Waals surface area (Å²) in [6, 6.07) is 3.97. The first-order valence-electron chi connectivity index (χ1n) is 11.4. The summed E-state index contributed by atoms with van der Waals surface area (Å²) in [6.07, 6.45) is -2.34. The summed E-state index contributed by atoms with van der Waals surface area (Å²) in [5, 5.41) is 0.278. The number of oxazole rings is 1. The Morgan fingerprint density at radius 1 is 1.30 bits per heavy atom. The Hall–Kier alpha value is -3.23. The molecule has 1 aromatic carbocycles. The third-order valence-corrected chi connectivity index (χ3v) is 6.74. The van der Waals surface area contributed by atoms with E-state index < -0.39 is 33.8 Å². The van der Waals surface area contributed by atoms with E-state index in [0.717, 1.165) is 12.3 Å². The van der Waals surface area contributed by atoms with Crippen molar-refractivity contribution in [1.82, 2.24) is 19.6 Å². The van der Waals surface area contributed by atoms with Crippen LogP contribution in [0, 0.1) is 0 Å². The maximum absolute atomic E-state index is 13.5. The fraction of sp³-hybridized carbons (Fsp3) is 0.435. The van der Waals surface area contributed by atoms with Gasteiger partial charge in [-0.15, -0.1) is 0 Å². The van der Waals surface area contributed by atoms with Gasteiger partial charge in [0.2, 0.25) is 15.9 Å². The highest BCUT2D eigenvalue weighted by Crippen LogP contribution is 2.37. The predicted octanol–water partition coefficient (Wildman–Crippen LogP) is 3.09. The van der Waals surface area contributed by atoms with Crippen molar-refractivity contribution in [2.45, 2.75) is 38.0 Å². The first kappa shape index (κ1) is 26.8. The van der Waals surface area contributed by atoms with Gasteiger partial charge in [-0.2, -0.15) is 13.2 Å². The molecule has 200 valence electrons. The monoisotopic (exact) mass is 541 g/mol. The van der Waals surface area contributed by atoms with Gasteiger partial charge in [0.15, 0.2) is 11.5 Å². The average molecular weight is 542 g/mol. The van der Waals surface area contributed by atoms with E-state index in [1.54, 1.807) is 13.0 Å². The van der Waals surface area contributed by atoms with Gasteiger partial charge in [0.05, 0.1) is 19.4 Å². The minimum Gasteiger partial charge on any atom is -0.494 e. The molecule has 10 nitrogen and oxygen atoms in total. The minimum atomic E-state index is -4.65. The Kier molecular flexibility index (Phi) is 7.18. The fourth-order valence-electron chi connectivity index (χ4n) is 4.31. The van der Waals surface area contributed by atoms with Gasteiger partial charge < -0.3 is 19.8 Å². The molecule has 4 rings (SSSR count). The summed E-state index contributed by atoms with van der Waals surface area (Å²) in [6.45, 7) is 2.06. The van der Waals surface area contributed by atoms with Gasteiger partial charge in [0.25, 0.3) is 5.91 Å². The van der Waals surface area contributed by atoms with E-state index in [0.29, 0.717) is 24.9 Å². The molecule has 1 fully saturated rings. The van der Waals surface area contributed by atoms with Gasteiger partial charge in [0.1, 0.15) is 17.0 Å². The third-order valence-electron chi connectivity index (χ3n) is 6.05. The fourth-order valence-corrected chi connectivity index (χ4v) is 4.80. The number of amides is 1. The van der Waals surface area contributed by atoms with Crippen LogP contribution >= 0.6 is 0 Å². The van der Waals surface area contributed by atoms with E-state index in [1.807, 2.05) is 0 Å². The smallest absolute Gasteiger partial charge is 0.433 e. The summed E-state index contributed by atoms with van der Waals surface area (Å²) in [4.78, 5) is 23.1. The Labute approximate surface area is 211 Å². The zero-order valence-corrected chi connectivity index (χ0v) is 21.1. The van der Waals surface area contributed by atoms with Crippen LogP contribution in [-0.4, -0.2) is 61.7 Å². The normalized spacial score (nSPS) is 17.4. The van der Waals surface area contributed by atoms with Gasteiger partial charge in [0, 0.05) is 30.1 Å². The molecule has 14 heteroatoms. The van der Waals surface area contributed by atoms with Crippen molar-refractivity contribution >= 4 is 26.8 Å². The van der Waals surface area contributed by atoms with Crippen LogP contribution in [0.1, 0.15) is 47.7 Å². The van der Waals surface area contributed by atoms with E-state index in [1.165, 1.54) is 24.1 Å². The van der Waals surface area contributed by atoms with Crippen molar-refractivity contribution in [1.29, 1.82) is 0 Å². The standard InChI is InChI=1S/C23H26F3N5O5S/c1-12(27)20-19(22(32)31-10-4-5-13(31)11-28-37(3,33)34)30-21(36-20)15-6-8-16(35-2)18-14(15)7-9-17(29-18)23(24,25)26/h6-9,12-13,28H,4-5,10-11,27H2,1-3H3/t12-,13-/m0/s1. The number of hydrogen-bond acceptors (Lipinski definition) is 8. The second kappa shape index (κ2) is 9.91. The van der Waals surface area contributed by atoms with Gasteiger partial charge in [-0.05, 0) is 44.0 Å². The number of likely N-dealkylation sites (tertiary alicyclic amines) is 1. The van der Waals surface area contributed by atoms with E-state index in [4.69, 9.17) is 14.9 Å². The lowest BCUT2D eigenvalue weighted by atomic mass is 10.1. The summed E-state index contributed by atoms with van der Waals surface area (Å²) in [5.74, 6) is -0.269. The highest BCUT2D eigenvalue weighted by Gasteiger charge is 2.35. The Balaban J connectivity index is 1.77. The number of alkyl halides is 3. The maximum atomic E-state index is 13.5. The number of pyridine rings is 1. The molecule has 0 aliphatic carbocycles. The number of halogens is 3. The highest BCUT2D eigenvalue weighted by atomic mass is 32.2. The van der Waals surface area contributed by atoms with Gasteiger partial charge in [-0.3, -0.25) is 4.79 Å². The summed E-state index contributed by atoms with van der Waals surface area (Å²) in [5.41, 5.74) is 5.19. The number of ether oxygens (including phenoxy) is 1. The van der Waals surface area contributed by atoms with Crippen LogP contribution in [0.2, 0.25) is 0 Å². The molecule has 1 aliphatic heterocycles. The Morgan fingerprint density at radius 2 is 2.03 bits per heavy atom. The van der Waals surface area contributed by atoms with E-state index in [2.05, 4.69) is 14.7 Å². The molecular formula is C23H26F3N5O5S. The predicted molar refractivity (Wildman–Crippen MR) is 128 cm³/mol. The molecule has 3 aromatic rings. The van der Waals surface area contributed by atoms with Crippen LogP contribution < -0.4 is 15.2 Å². The topological polar surface area (TPSA) is 141 Å². The first-order chi connectivity index (χ1) is 17.3. The molecule has 1 saturated heterocycles. The number of sulfonamides is 1. The van der Waals surface area contributed by atoms with Crippen molar-refractivity contribution in [3.63, 3.8) is 0 Å². The van der Waals surface area contributed by atoms with E-state index in [-0.39, 0.29) is 46.6 Å². The quantitative estimate of drug-likeness (QED) is 0.465. The Bertz CT molecular complexity index is 1440. The zero-order valence-electron chi connectivity index (χ0n) is 20.3. The number of carbonyl (C=O) groups excluding carboxylic acids is 1. The van der Waals surface area contributed by atoms with Crippen molar-refractivity contribution in [2.24, 2.45) is 5.73 Å². The van der Waals surface area contributed by atoms with Gasteiger partial charge >= 0.3 is 6.18 Å². The number of aromatic nitrogens is 2. The zero-order chi connectivity index (χ0) is 27.1. The molecule has 0 spiro atoms. The van der Waals surface area contributed by atoms with Crippen LogP contribution in [0.25, 0.3) is 22.4 Å². The van der Waals surface area contributed by atoms with Gasteiger partial charge in [-0.1, -0.05) is 0 Å². The molecule has 1 amide bonds. The van der Waals surface area contributed by atoms with Gasteiger partial charge in [-0.25, -0.2) is 23.1 Å². The summed E-state index contributed by atoms with van der Waals surface area (Å²) >= 11 is 0. The molecule has 0 bridgehead atoms. The molecule has 3 heterocycles. The number of nitrogens with two attached hydrogens (primary N) is 1. The molecule has 2 atom stereocenters. The second-order valence-electron chi connectivity index (χ2n) is 8.84. The number of benzene rings is 1. The van der Waals surface area contributed by atoms with Crippen LogP contribution in [0.4, 0.5) is 13.2 Å². The van der Waals surface area contributed by atoms with Crippen molar-refractivity contribution in [3.8, 4) is 17.2 Å². The van der Waals surface area contributed by atoms with Crippen molar-refractivity contribution in [2.75, 3.05) is 26.5 Å². The number of rotatable bonds is 7. The SMILES string of the molecule is COc1ccc(-c2nc(C(=O)N3CCC[C@H]3CNS(C)(=O)=O)c([C@H](C)N)o2)c2ccc(C(F)(F)F)nc12. The summed E-state index contributed by atoms with van der Waals surface area (Å²) in [7, 11) is -2.13. The second-order valence-corrected chi connectivity index (χ2v) is 10.7. The third kappa shape index (κ3) is 5.55. The highest BCUT2D eigenvalue weighted by molar-refractivity contribution is 7.88. The van der Waals surface area contributed by atoms with Crippen molar-refractivity contribution < 1.29 is 35.5 Å². The van der Waals surface area contributed by atoms with E-state index in [9.17, 15) is 26.4 Å².